The van der Waals surface area contributed by atoms with Gasteiger partial charge in [0.05, 0.1) is 23.6 Å². The lowest BCUT2D eigenvalue weighted by atomic mass is 10.1. The van der Waals surface area contributed by atoms with Crippen LogP contribution in [0.5, 0.6) is 0 Å². The molecule has 28 heavy (non-hydrogen) atoms. The standard InChI is InChI=1S/C21H16BrN3O2S/c1-2-27-21(26)17-5-3-4-6-18(17)24-12-15(11-23)20-25-19(13-28-20)14-7-9-16(22)10-8-14/h3-10,12-13,24H,2H2,1H3/b15-12-. The molecule has 0 atom stereocenters. The second-order valence-electron chi connectivity index (χ2n) is 5.62. The topological polar surface area (TPSA) is 75.0 Å². The van der Waals surface area contributed by atoms with Crippen molar-refractivity contribution >= 4 is 44.5 Å². The minimum atomic E-state index is -0.413. The predicted octanol–water partition coefficient (Wildman–Crippen LogP) is 5.73. The lowest BCUT2D eigenvalue weighted by Gasteiger charge is -2.08. The molecule has 3 rings (SSSR count). The van der Waals surface area contributed by atoms with Gasteiger partial charge in [-0.05, 0) is 31.2 Å². The average Bonchev–Trinajstić information content (AvgIpc) is 3.19. The van der Waals surface area contributed by atoms with Crippen molar-refractivity contribution < 1.29 is 9.53 Å². The van der Waals surface area contributed by atoms with Crippen LogP contribution in [0.1, 0.15) is 22.3 Å². The highest BCUT2D eigenvalue weighted by Gasteiger charge is 2.12. The fraction of sp³-hybridized carbons (Fsp3) is 0.0952. The maximum atomic E-state index is 12.1. The molecular formula is C21H16BrN3O2S. The maximum Gasteiger partial charge on any atom is 0.340 e. The fourth-order valence-electron chi connectivity index (χ4n) is 2.44. The Balaban J connectivity index is 1.83. The number of ether oxygens (including phenoxy) is 1. The van der Waals surface area contributed by atoms with Crippen molar-refractivity contribution in [1.82, 2.24) is 4.98 Å². The van der Waals surface area contributed by atoms with Gasteiger partial charge in [-0.3, -0.25) is 0 Å². The first kappa shape index (κ1) is 19.8. The second-order valence-corrected chi connectivity index (χ2v) is 7.40. The molecule has 7 heteroatoms. The third-order valence-corrected chi connectivity index (χ3v) is 5.19. The molecule has 0 unspecified atom stereocenters. The van der Waals surface area contributed by atoms with Gasteiger partial charge in [0.2, 0.25) is 0 Å². The van der Waals surface area contributed by atoms with Crippen molar-refractivity contribution in [3.8, 4) is 17.3 Å². The van der Waals surface area contributed by atoms with Crippen LogP contribution in [0, 0.1) is 11.3 Å². The Bertz CT molecular complexity index is 1050. The van der Waals surface area contributed by atoms with Crippen LogP contribution in [-0.4, -0.2) is 17.6 Å². The smallest absolute Gasteiger partial charge is 0.340 e. The molecule has 1 aromatic heterocycles. The molecule has 0 aliphatic carbocycles. The number of para-hydroxylation sites is 1. The molecule has 0 aliphatic rings. The summed E-state index contributed by atoms with van der Waals surface area (Å²) in [5.74, 6) is -0.413. The van der Waals surface area contributed by atoms with Gasteiger partial charge >= 0.3 is 5.97 Å². The number of aromatic nitrogens is 1. The molecule has 0 radical (unpaired) electrons. The summed E-state index contributed by atoms with van der Waals surface area (Å²) < 4.78 is 6.06. The largest absolute Gasteiger partial charge is 0.462 e. The van der Waals surface area contributed by atoms with E-state index < -0.39 is 5.97 Å². The summed E-state index contributed by atoms with van der Waals surface area (Å²) in [6.07, 6.45) is 1.56. The number of rotatable bonds is 6. The van der Waals surface area contributed by atoms with E-state index in [2.05, 4.69) is 32.3 Å². The van der Waals surface area contributed by atoms with E-state index in [0.717, 1.165) is 15.7 Å². The number of carbonyl (C=O) groups is 1. The molecule has 5 nitrogen and oxygen atoms in total. The SMILES string of the molecule is CCOC(=O)c1ccccc1N/C=C(/C#N)c1nc(-c2ccc(Br)cc2)cs1. The predicted molar refractivity (Wildman–Crippen MR) is 115 cm³/mol. The number of hydrogen-bond donors (Lipinski definition) is 1. The number of thiazole rings is 1. The third kappa shape index (κ3) is 4.66. The van der Waals surface area contributed by atoms with Gasteiger partial charge in [0, 0.05) is 21.6 Å². The van der Waals surface area contributed by atoms with Crippen LogP contribution in [0.25, 0.3) is 16.8 Å². The number of anilines is 1. The van der Waals surface area contributed by atoms with Gasteiger partial charge in [0.1, 0.15) is 16.6 Å². The molecule has 0 amide bonds. The third-order valence-electron chi connectivity index (χ3n) is 3.79. The molecule has 0 bridgehead atoms. The van der Waals surface area contributed by atoms with Crippen molar-refractivity contribution in [2.45, 2.75) is 6.92 Å². The zero-order valence-electron chi connectivity index (χ0n) is 15.0. The van der Waals surface area contributed by atoms with Crippen LogP contribution in [0.3, 0.4) is 0 Å². The Morgan fingerprint density at radius 3 is 2.75 bits per heavy atom. The van der Waals surface area contributed by atoms with E-state index in [9.17, 15) is 10.1 Å². The van der Waals surface area contributed by atoms with Gasteiger partial charge in [0.15, 0.2) is 0 Å². The number of esters is 1. The zero-order chi connectivity index (χ0) is 19.9. The minimum Gasteiger partial charge on any atom is -0.462 e. The maximum absolute atomic E-state index is 12.1. The summed E-state index contributed by atoms with van der Waals surface area (Å²) in [5.41, 5.74) is 3.14. The van der Waals surface area contributed by atoms with Crippen molar-refractivity contribution in [2.24, 2.45) is 0 Å². The molecule has 1 N–H and O–H groups in total. The first-order chi connectivity index (χ1) is 13.6. The molecule has 0 aliphatic heterocycles. The summed E-state index contributed by atoms with van der Waals surface area (Å²) in [6.45, 7) is 2.05. The first-order valence-corrected chi connectivity index (χ1v) is 10.1. The Labute approximate surface area is 175 Å². The molecule has 0 spiro atoms. The number of nitrogens with one attached hydrogen (secondary N) is 1. The van der Waals surface area contributed by atoms with E-state index in [0.29, 0.717) is 28.4 Å². The van der Waals surface area contributed by atoms with Crippen LogP contribution >= 0.6 is 27.3 Å². The van der Waals surface area contributed by atoms with Crippen LogP contribution in [-0.2, 0) is 4.74 Å². The van der Waals surface area contributed by atoms with Gasteiger partial charge in [-0.1, -0.05) is 40.2 Å². The van der Waals surface area contributed by atoms with Crippen LogP contribution in [0.15, 0.2) is 64.6 Å². The molecule has 1 heterocycles. The molecular weight excluding hydrogens is 438 g/mol. The van der Waals surface area contributed by atoms with E-state index >= 15 is 0 Å². The van der Waals surface area contributed by atoms with E-state index in [1.54, 1.807) is 37.4 Å². The van der Waals surface area contributed by atoms with Crippen molar-refractivity contribution in [3.05, 3.63) is 75.2 Å². The lowest BCUT2D eigenvalue weighted by molar-refractivity contribution is 0.0527. The van der Waals surface area contributed by atoms with E-state index in [1.807, 2.05) is 29.6 Å². The number of allylic oxidation sites excluding steroid dienone is 1. The lowest BCUT2D eigenvalue weighted by Crippen LogP contribution is -2.07. The molecule has 140 valence electrons. The van der Waals surface area contributed by atoms with Crippen molar-refractivity contribution in [3.63, 3.8) is 0 Å². The van der Waals surface area contributed by atoms with Gasteiger partial charge < -0.3 is 10.1 Å². The second kappa shape index (κ2) is 9.31. The van der Waals surface area contributed by atoms with Crippen LogP contribution in [0.2, 0.25) is 0 Å². The average molecular weight is 454 g/mol. The number of carbonyl (C=O) groups excluding carboxylic acids is 1. The van der Waals surface area contributed by atoms with Crippen molar-refractivity contribution in [2.75, 3.05) is 11.9 Å². The Hall–Kier alpha value is -2.95. The Kier molecular flexibility index (Phi) is 6.58. The van der Waals surface area contributed by atoms with Gasteiger partial charge in [0.25, 0.3) is 0 Å². The zero-order valence-corrected chi connectivity index (χ0v) is 17.4. The molecule has 0 fully saturated rings. The highest BCUT2D eigenvalue weighted by molar-refractivity contribution is 9.10. The molecule has 3 aromatic rings. The monoisotopic (exact) mass is 453 g/mol. The van der Waals surface area contributed by atoms with E-state index in [-0.39, 0.29) is 0 Å². The molecule has 0 saturated carbocycles. The van der Waals surface area contributed by atoms with Crippen molar-refractivity contribution in [1.29, 1.82) is 5.26 Å². The highest BCUT2D eigenvalue weighted by Crippen LogP contribution is 2.27. The number of nitrogens with zero attached hydrogens (tertiary/aromatic N) is 2. The first-order valence-electron chi connectivity index (χ1n) is 8.47. The molecule has 0 saturated heterocycles. The van der Waals surface area contributed by atoms with Gasteiger partial charge in [-0.2, -0.15) is 5.26 Å². The van der Waals surface area contributed by atoms with E-state index in [4.69, 9.17) is 4.74 Å². The van der Waals surface area contributed by atoms with Gasteiger partial charge in [-0.25, -0.2) is 9.78 Å². The molecule has 2 aromatic carbocycles. The quantitative estimate of drug-likeness (QED) is 0.381. The number of nitriles is 1. The van der Waals surface area contributed by atoms with Crippen LogP contribution < -0.4 is 5.32 Å². The summed E-state index contributed by atoms with van der Waals surface area (Å²) in [6, 6.07) is 17.0. The summed E-state index contributed by atoms with van der Waals surface area (Å²) in [4.78, 5) is 16.6. The van der Waals surface area contributed by atoms with Gasteiger partial charge in [-0.15, -0.1) is 11.3 Å². The van der Waals surface area contributed by atoms with E-state index in [1.165, 1.54) is 11.3 Å². The minimum absolute atomic E-state index is 0.296. The number of benzene rings is 2. The summed E-state index contributed by atoms with van der Waals surface area (Å²) in [5, 5.41) is 15.1. The number of halogens is 1. The van der Waals surface area contributed by atoms with Crippen LogP contribution in [0.4, 0.5) is 5.69 Å². The normalized spacial score (nSPS) is 11.0. The Morgan fingerprint density at radius 2 is 2.04 bits per heavy atom. The fourth-order valence-corrected chi connectivity index (χ4v) is 3.50. The Morgan fingerprint density at radius 1 is 1.29 bits per heavy atom. The summed E-state index contributed by atoms with van der Waals surface area (Å²) in [7, 11) is 0. The summed E-state index contributed by atoms with van der Waals surface area (Å²) >= 11 is 4.80. The highest BCUT2D eigenvalue weighted by atomic mass is 79.9. The number of hydrogen-bond acceptors (Lipinski definition) is 6.